The smallest absolute Gasteiger partial charge is 0.334 e. The van der Waals surface area contributed by atoms with Crippen molar-refractivity contribution in [2.24, 2.45) is 0 Å². The number of allylic oxidation sites excluding steroid dienone is 1. The van der Waals surface area contributed by atoms with Crippen molar-refractivity contribution in [2.45, 2.75) is 71.6 Å². The first-order valence-electron chi connectivity index (χ1n) is 6.71. The second-order valence-electron chi connectivity index (χ2n) is 4.60. The number of hydrogen-bond donors (Lipinski definition) is 2. The summed E-state index contributed by atoms with van der Waals surface area (Å²) in [6.45, 7) is 3.66. The van der Waals surface area contributed by atoms with Gasteiger partial charge in [-0.1, -0.05) is 51.9 Å². The number of carboxylic acid groups (broad SMARTS) is 1. The molecule has 0 atom stereocenters. The van der Waals surface area contributed by atoms with Crippen LogP contribution in [-0.4, -0.2) is 16.2 Å². The quantitative estimate of drug-likeness (QED) is 0.338. The van der Waals surface area contributed by atoms with E-state index in [-0.39, 0.29) is 11.3 Å². The van der Waals surface area contributed by atoms with E-state index in [0.29, 0.717) is 6.42 Å². The molecule has 0 rings (SSSR count). The Labute approximate surface area is 105 Å². The van der Waals surface area contributed by atoms with E-state index in [0.717, 1.165) is 12.8 Å². The number of aliphatic carboxylic acids is 1. The molecule has 0 aromatic rings. The first-order chi connectivity index (χ1) is 8.09. The lowest BCUT2D eigenvalue weighted by Crippen LogP contribution is -2.01. The summed E-state index contributed by atoms with van der Waals surface area (Å²) >= 11 is 0. The van der Waals surface area contributed by atoms with Crippen molar-refractivity contribution >= 4 is 5.97 Å². The zero-order valence-electron chi connectivity index (χ0n) is 11.2. The average Bonchev–Trinajstić information content (AvgIpc) is 2.31. The molecule has 0 unspecified atom stereocenters. The highest BCUT2D eigenvalue weighted by Gasteiger charge is 2.07. The standard InChI is InChI=1S/C14H26O3/c1-3-4-5-6-7-8-9-10-11-13(15)12(2)14(16)17/h15H,3-11H2,1-2H3,(H,16,17)/b13-12+. The van der Waals surface area contributed by atoms with Crippen molar-refractivity contribution in [3.05, 3.63) is 11.3 Å². The van der Waals surface area contributed by atoms with Gasteiger partial charge in [-0.3, -0.25) is 0 Å². The molecule has 0 fully saturated rings. The highest BCUT2D eigenvalue weighted by atomic mass is 16.4. The van der Waals surface area contributed by atoms with Gasteiger partial charge in [0.25, 0.3) is 0 Å². The van der Waals surface area contributed by atoms with Gasteiger partial charge in [-0.05, 0) is 13.3 Å². The molecule has 0 saturated heterocycles. The Morgan fingerprint density at radius 2 is 1.35 bits per heavy atom. The van der Waals surface area contributed by atoms with E-state index in [1.807, 2.05) is 0 Å². The number of aliphatic hydroxyl groups is 1. The Balaban J connectivity index is 3.46. The van der Waals surface area contributed by atoms with Crippen LogP contribution in [0.3, 0.4) is 0 Å². The van der Waals surface area contributed by atoms with Crippen LogP contribution >= 0.6 is 0 Å². The normalized spacial score (nSPS) is 12.4. The van der Waals surface area contributed by atoms with Gasteiger partial charge in [-0.25, -0.2) is 4.79 Å². The Morgan fingerprint density at radius 1 is 0.882 bits per heavy atom. The summed E-state index contributed by atoms with van der Waals surface area (Å²) in [6.07, 6.45) is 10.1. The molecule has 0 radical (unpaired) electrons. The van der Waals surface area contributed by atoms with E-state index in [2.05, 4.69) is 6.92 Å². The molecule has 0 spiro atoms. The van der Waals surface area contributed by atoms with Crippen molar-refractivity contribution in [3.8, 4) is 0 Å². The molecule has 0 bridgehead atoms. The van der Waals surface area contributed by atoms with Gasteiger partial charge in [0.2, 0.25) is 0 Å². The second kappa shape index (κ2) is 10.2. The SMILES string of the molecule is CCCCCCCCCC/C(O)=C(/C)C(=O)O. The van der Waals surface area contributed by atoms with Gasteiger partial charge in [0.1, 0.15) is 5.76 Å². The predicted octanol–water partition coefficient (Wildman–Crippen LogP) is 4.43. The largest absolute Gasteiger partial charge is 0.512 e. The highest BCUT2D eigenvalue weighted by molar-refractivity contribution is 5.86. The number of aliphatic hydroxyl groups excluding tert-OH is 1. The molecular weight excluding hydrogens is 216 g/mol. The van der Waals surface area contributed by atoms with Crippen molar-refractivity contribution < 1.29 is 15.0 Å². The van der Waals surface area contributed by atoms with E-state index in [1.165, 1.54) is 45.4 Å². The molecule has 0 heterocycles. The third kappa shape index (κ3) is 8.78. The molecule has 0 aromatic heterocycles. The minimum absolute atomic E-state index is 0.0310. The summed E-state index contributed by atoms with van der Waals surface area (Å²) in [5.41, 5.74) is 0.0768. The molecular formula is C14H26O3. The monoisotopic (exact) mass is 242 g/mol. The topological polar surface area (TPSA) is 57.5 Å². The molecule has 0 aliphatic carbocycles. The summed E-state index contributed by atoms with van der Waals surface area (Å²) in [4.78, 5) is 10.6. The van der Waals surface area contributed by atoms with Crippen molar-refractivity contribution in [2.75, 3.05) is 0 Å². The fraction of sp³-hybridized carbons (Fsp3) is 0.786. The Morgan fingerprint density at radius 3 is 1.82 bits per heavy atom. The van der Waals surface area contributed by atoms with Crippen LogP contribution in [0.5, 0.6) is 0 Å². The predicted molar refractivity (Wildman–Crippen MR) is 70.2 cm³/mol. The molecule has 2 N–H and O–H groups in total. The second-order valence-corrected chi connectivity index (χ2v) is 4.60. The van der Waals surface area contributed by atoms with Crippen LogP contribution in [0.25, 0.3) is 0 Å². The molecule has 0 aliphatic rings. The molecule has 0 aromatic carbocycles. The molecule has 0 amide bonds. The third-order valence-electron chi connectivity index (χ3n) is 3.02. The molecule has 3 nitrogen and oxygen atoms in total. The highest BCUT2D eigenvalue weighted by Crippen LogP contribution is 2.13. The summed E-state index contributed by atoms with van der Waals surface area (Å²) in [6, 6.07) is 0. The van der Waals surface area contributed by atoms with Crippen molar-refractivity contribution in [1.29, 1.82) is 0 Å². The van der Waals surface area contributed by atoms with Crippen LogP contribution in [-0.2, 0) is 4.79 Å². The zero-order valence-corrected chi connectivity index (χ0v) is 11.2. The van der Waals surface area contributed by atoms with E-state index in [1.54, 1.807) is 0 Å². The number of hydrogen-bond acceptors (Lipinski definition) is 2. The van der Waals surface area contributed by atoms with Gasteiger partial charge in [-0.2, -0.15) is 0 Å². The fourth-order valence-corrected chi connectivity index (χ4v) is 1.74. The van der Waals surface area contributed by atoms with Gasteiger partial charge in [0, 0.05) is 6.42 Å². The maximum Gasteiger partial charge on any atom is 0.334 e. The molecule has 0 aliphatic heterocycles. The Bertz CT molecular complexity index is 244. The van der Waals surface area contributed by atoms with E-state index in [9.17, 15) is 9.90 Å². The Hall–Kier alpha value is -0.990. The van der Waals surface area contributed by atoms with Crippen LogP contribution in [0.2, 0.25) is 0 Å². The molecule has 17 heavy (non-hydrogen) atoms. The van der Waals surface area contributed by atoms with Crippen molar-refractivity contribution in [3.63, 3.8) is 0 Å². The van der Waals surface area contributed by atoms with Crippen LogP contribution in [0.4, 0.5) is 0 Å². The number of carboxylic acids is 1. The van der Waals surface area contributed by atoms with Gasteiger partial charge in [0.05, 0.1) is 5.57 Å². The lowest BCUT2D eigenvalue weighted by molar-refractivity contribution is -0.132. The third-order valence-corrected chi connectivity index (χ3v) is 3.02. The minimum atomic E-state index is -1.03. The van der Waals surface area contributed by atoms with Gasteiger partial charge >= 0.3 is 5.97 Å². The minimum Gasteiger partial charge on any atom is -0.512 e. The first kappa shape index (κ1) is 16.0. The molecule has 0 saturated carbocycles. The van der Waals surface area contributed by atoms with Crippen LogP contribution in [0.1, 0.15) is 71.6 Å². The van der Waals surface area contributed by atoms with E-state index in [4.69, 9.17) is 5.11 Å². The van der Waals surface area contributed by atoms with Crippen LogP contribution in [0, 0.1) is 0 Å². The number of carbonyl (C=O) groups is 1. The van der Waals surface area contributed by atoms with Gasteiger partial charge in [0.15, 0.2) is 0 Å². The number of unbranched alkanes of at least 4 members (excludes halogenated alkanes) is 7. The van der Waals surface area contributed by atoms with Crippen molar-refractivity contribution in [1.82, 2.24) is 0 Å². The van der Waals surface area contributed by atoms with Gasteiger partial charge < -0.3 is 10.2 Å². The maximum atomic E-state index is 10.6. The van der Waals surface area contributed by atoms with Crippen LogP contribution in [0.15, 0.2) is 11.3 Å². The summed E-state index contributed by atoms with van der Waals surface area (Å²) < 4.78 is 0. The summed E-state index contributed by atoms with van der Waals surface area (Å²) in [7, 11) is 0. The van der Waals surface area contributed by atoms with Crippen LogP contribution < -0.4 is 0 Å². The van der Waals surface area contributed by atoms with Gasteiger partial charge in [-0.15, -0.1) is 0 Å². The molecule has 100 valence electrons. The lowest BCUT2D eigenvalue weighted by Gasteiger charge is -2.03. The Kier molecular flexibility index (Phi) is 9.59. The average molecular weight is 242 g/mol. The first-order valence-corrected chi connectivity index (χ1v) is 6.71. The van der Waals surface area contributed by atoms with E-state index >= 15 is 0 Å². The van der Waals surface area contributed by atoms with E-state index < -0.39 is 5.97 Å². The summed E-state index contributed by atoms with van der Waals surface area (Å²) in [5.74, 6) is -0.995. The fourth-order valence-electron chi connectivity index (χ4n) is 1.74. The molecule has 3 heteroatoms. The number of rotatable bonds is 10. The zero-order chi connectivity index (χ0) is 13.1. The summed E-state index contributed by atoms with van der Waals surface area (Å²) in [5, 5.41) is 18.1. The lowest BCUT2D eigenvalue weighted by atomic mass is 10.1. The maximum absolute atomic E-state index is 10.6.